The largest absolute Gasteiger partial charge is 0.496 e. The summed E-state index contributed by atoms with van der Waals surface area (Å²) in [5.41, 5.74) is 0.570. The highest BCUT2D eigenvalue weighted by molar-refractivity contribution is 9.10. The Labute approximate surface area is 175 Å². The van der Waals surface area contributed by atoms with Crippen molar-refractivity contribution < 1.29 is 9.66 Å². The summed E-state index contributed by atoms with van der Waals surface area (Å²) in [6.07, 6.45) is 2.15. The van der Waals surface area contributed by atoms with E-state index in [1.54, 1.807) is 12.1 Å². The zero-order chi connectivity index (χ0) is 21.1. The van der Waals surface area contributed by atoms with Crippen LogP contribution in [0.4, 0.5) is 5.69 Å². The van der Waals surface area contributed by atoms with E-state index < -0.39 is 4.92 Å². The molecule has 8 nitrogen and oxygen atoms in total. The molecule has 0 radical (unpaired) electrons. The molecule has 1 heterocycles. The number of hydrogen-bond donors (Lipinski definition) is 0. The normalized spacial score (nSPS) is 12.4. The lowest BCUT2D eigenvalue weighted by Gasteiger charge is -2.14. The van der Waals surface area contributed by atoms with Crippen LogP contribution in [-0.2, 0) is 0 Å². The Balaban J connectivity index is 2.21. The molecule has 0 amide bonds. The number of nitrogens with zero attached hydrogens (tertiary/aromatic N) is 4. The number of halogens is 1. The molecule has 2 aromatic carbocycles. The molecule has 1 aromatic heterocycles. The Morgan fingerprint density at radius 3 is 2.76 bits per heavy atom. The van der Waals surface area contributed by atoms with Crippen LogP contribution >= 0.6 is 15.9 Å². The standard InChI is InChI=1S/C20H19BrN4O4/c1-4-12(2)19-23-17-7-5-14(21)10-16(17)20(26)24(19)22-11-13-9-15(25(27)28)6-8-18(13)29-3/h5-12H,4H2,1-3H3/t12-/m0/s1. The van der Waals surface area contributed by atoms with Crippen molar-refractivity contribution in [1.29, 1.82) is 0 Å². The molecule has 0 bridgehead atoms. The van der Waals surface area contributed by atoms with Crippen molar-refractivity contribution in [1.82, 2.24) is 9.66 Å². The zero-order valence-corrected chi connectivity index (χ0v) is 17.7. The van der Waals surface area contributed by atoms with Gasteiger partial charge in [-0.3, -0.25) is 14.9 Å². The molecule has 0 aliphatic rings. The number of ether oxygens (including phenoxy) is 1. The zero-order valence-electron chi connectivity index (χ0n) is 16.1. The van der Waals surface area contributed by atoms with Crippen molar-refractivity contribution in [2.75, 3.05) is 7.11 Å². The van der Waals surface area contributed by atoms with Crippen molar-refractivity contribution in [3.63, 3.8) is 0 Å². The Morgan fingerprint density at radius 2 is 2.10 bits per heavy atom. The van der Waals surface area contributed by atoms with E-state index in [0.29, 0.717) is 28.0 Å². The molecule has 0 saturated carbocycles. The van der Waals surface area contributed by atoms with Crippen molar-refractivity contribution in [3.05, 3.63) is 72.7 Å². The third kappa shape index (κ3) is 4.19. The number of nitro groups is 1. The second kappa shape index (κ2) is 8.52. The first-order chi connectivity index (χ1) is 13.8. The second-order valence-corrected chi connectivity index (χ2v) is 7.40. The summed E-state index contributed by atoms with van der Waals surface area (Å²) in [5.74, 6) is 0.918. The Bertz CT molecular complexity index is 1170. The van der Waals surface area contributed by atoms with Gasteiger partial charge in [-0.25, -0.2) is 4.98 Å². The maximum Gasteiger partial charge on any atom is 0.282 e. The summed E-state index contributed by atoms with van der Waals surface area (Å²) in [5, 5.41) is 15.9. The molecule has 0 spiro atoms. The van der Waals surface area contributed by atoms with Crippen LogP contribution in [0.3, 0.4) is 0 Å². The Hall–Kier alpha value is -3.07. The number of nitro benzene ring substituents is 1. The van der Waals surface area contributed by atoms with Gasteiger partial charge in [-0.15, -0.1) is 0 Å². The molecule has 0 saturated heterocycles. The van der Waals surface area contributed by atoms with Gasteiger partial charge >= 0.3 is 0 Å². The van der Waals surface area contributed by atoms with Crippen LogP contribution in [0.25, 0.3) is 10.9 Å². The fourth-order valence-electron chi connectivity index (χ4n) is 2.84. The summed E-state index contributed by atoms with van der Waals surface area (Å²) in [6.45, 7) is 3.96. The van der Waals surface area contributed by atoms with E-state index in [2.05, 4.69) is 26.0 Å². The van der Waals surface area contributed by atoms with Gasteiger partial charge in [-0.1, -0.05) is 29.8 Å². The fraction of sp³-hybridized carbons (Fsp3) is 0.250. The third-order valence-electron chi connectivity index (χ3n) is 4.62. The van der Waals surface area contributed by atoms with Crippen LogP contribution in [0.5, 0.6) is 5.75 Å². The van der Waals surface area contributed by atoms with E-state index in [1.165, 1.54) is 36.2 Å². The number of non-ortho nitro benzene ring substituents is 1. The first-order valence-corrected chi connectivity index (χ1v) is 9.74. The van der Waals surface area contributed by atoms with Gasteiger partial charge < -0.3 is 4.74 Å². The quantitative estimate of drug-likeness (QED) is 0.308. The van der Waals surface area contributed by atoms with E-state index >= 15 is 0 Å². The van der Waals surface area contributed by atoms with Gasteiger partial charge in [0.15, 0.2) is 0 Å². The summed E-state index contributed by atoms with van der Waals surface area (Å²) < 4.78 is 7.27. The smallest absolute Gasteiger partial charge is 0.282 e. The van der Waals surface area contributed by atoms with E-state index in [-0.39, 0.29) is 17.2 Å². The SMILES string of the molecule is CC[C@H](C)c1nc2ccc(Br)cc2c(=O)n1N=Cc1cc([N+](=O)[O-])ccc1OC. The molecule has 0 unspecified atom stereocenters. The van der Waals surface area contributed by atoms with Gasteiger partial charge in [0.1, 0.15) is 11.6 Å². The Morgan fingerprint density at radius 1 is 1.34 bits per heavy atom. The van der Waals surface area contributed by atoms with Gasteiger partial charge in [-0.05, 0) is 30.7 Å². The first-order valence-electron chi connectivity index (χ1n) is 8.94. The van der Waals surface area contributed by atoms with Gasteiger partial charge in [0.05, 0.1) is 29.2 Å². The first kappa shape index (κ1) is 20.7. The summed E-state index contributed by atoms with van der Waals surface area (Å²) in [7, 11) is 1.46. The fourth-order valence-corrected chi connectivity index (χ4v) is 3.20. The predicted octanol–water partition coefficient (Wildman–Crippen LogP) is 4.47. The molecule has 0 fully saturated rings. The monoisotopic (exact) mass is 458 g/mol. The van der Waals surface area contributed by atoms with E-state index in [9.17, 15) is 14.9 Å². The maximum absolute atomic E-state index is 13.1. The summed E-state index contributed by atoms with van der Waals surface area (Å²) in [4.78, 5) is 28.4. The molecule has 0 aliphatic heterocycles. The number of rotatable bonds is 6. The van der Waals surface area contributed by atoms with Gasteiger partial charge in [0.2, 0.25) is 0 Å². The van der Waals surface area contributed by atoms with Crippen molar-refractivity contribution in [2.24, 2.45) is 5.10 Å². The van der Waals surface area contributed by atoms with E-state index in [4.69, 9.17) is 4.74 Å². The minimum Gasteiger partial charge on any atom is -0.496 e. The van der Waals surface area contributed by atoms with Crippen molar-refractivity contribution in [2.45, 2.75) is 26.2 Å². The van der Waals surface area contributed by atoms with Crippen LogP contribution < -0.4 is 10.3 Å². The highest BCUT2D eigenvalue weighted by Gasteiger charge is 2.16. The Kier molecular flexibility index (Phi) is 6.07. The molecule has 1 atom stereocenters. The van der Waals surface area contributed by atoms with Gasteiger partial charge in [-0.2, -0.15) is 9.78 Å². The van der Waals surface area contributed by atoms with Crippen LogP contribution in [0.1, 0.15) is 37.6 Å². The average molecular weight is 459 g/mol. The van der Waals surface area contributed by atoms with E-state index in [0.717, 1.165) is 10.9 Å². The van der Waals surface area contributed by atoms with Crippen molar-refractivity contribution in [3.8, 4) is 5.75 Å². The number of hydrogen-bond acceptors (Lipinski definition) is 6. The molecular formula is C20H19BrN4O4. The number of aromatic nitrogens is 2. The minimum absolute atomic E-state index is 0.0140. The van der Waals surface area contributed by atoms with E-state index in [1.807, 2.05) is 19.9 Å². The third-order valence-corrected chi connectivity index (χ3v) is 5.12. The molecule has 0 aliphatic carbocycles. The second-order valence-electron chi connectivity index (χ2n) is 6.49. The van der Waals surface area contributed by atoms with Crippen LogP contribution in [0.2, 0.25) is 0 Å². The predicted molar refractivity (Wildman–Crippen MR) is 115 cm³/mol. The molecule has 150 valence electrons. The van der Waals surface area contributed by atoms with Crippen LogP contribution in [0, 0.1) is 10.1 Å². The van der Waals surface area contributed by atoms with Gasteiger partial charge in [0.25, 0.3) is 11.2 Å². The maximum atomic E-state index is 13.1. The lowest BCUT2D eigenvalue weighted by molar-refractivity contribution is -0.384. The lowest BCUT2D eigenvalue weighted by atomic mass is 10.1. The molecule has 3 rings (SSSR count). The molecule has 0 N–H and O–H groups in total. The summed E-state index contributed by atoms with van der Waals surface area (Å²) in [6, 6.07) is 9.50. The minimum atomic E-state index is -0.497. The number of fused-ring (bicyclic) bond motifs is 1. The highest BCUT2D eigenvalue weighted by Crippen LogP contribution is 2.24. The summed E-state index contributed by atoms with van der Waals surface area (Å²) >= 11 is 3.37. The lowest BCUT2D eigenvalue weighted by Crippen LogP contribution is -2.23. The van der Waals surface area contributed by atoms with Crippen LogP contribution in [-0.4, -0.2) is 27.9 Å². The number of benzene rings is 2. The number of methoxy groups -OCH3 is 1. The average Bonchev–Trinajstić information content (AvgIpc) is 2.72. The topological polar surface area (TPSA) is 99.6 Å². The van der Waals surface area contributed by atoms with Gasteiger partial charge in [0, 0.05) is 28.1 Å². The molecule has 9 heteroatoms. The van der Waals surface area contributed by atoms with Crippen molar-refractivity contribution >= 4 is 38.7 Å². The molecule has 3 aromatic rings. The van der Waals surface area contributed by atoms with Crippen LogP contribution in [0.15, 0.2) is 50.8 Å². The molecule has 29 heavy (non-hydrogen) atoms. The molecular weight excluding hydrogens is 440 g/mol. The highest BCUT2D eigenvalue weighted by atomic mass is 79.9.